The largest absolute Gasteiger partial charge is 0.325 e. The zero-order valence-corrected chi connectivity index (χ0v) is 14.6. The van der Waals surface area contributed by atoms with Crippen molar-refractivity contribution in [2.45, 2.75) is 25.4 Å². The SMILES string of the molecule is CC[C@]1(c2ccc(F)cc2)NC(=O)N(Cc2ccccc2Br)C1=O. The van der Waals surface area contributed by atoms with Crippen LogP contribution in [0.3, 0.4) is 0 Å². The molecule has 0 saturated carbocycles. The molecule has 2 aromatic carbocycles. The van der Waals surface area contributed by atoms with E-state index >= 15 is 0 Å². The lowest BCUT2D eigenvalue weighted by Gasteiger charge is -2.25. The van der Waals surface area contributed by atoms with E-state index in [2.05, 4.69) is 21.2 Å². The molecule has 1 saturated heterocycles. The highest BCUT2D eigenvalue weighted by atomic mass is 79.9. The summed E-state index contributed by atoms with van der Waals surface area (Å²) in [5.41, 5.74) is 0.276. The van der Waals surface area contributed by atoms with Crippen molar-refractivity contribution >= 4 is 27.9 Å². The Morgan fingerprint density at radius 2 is 1.79 bits per heavy atom. The van der Waals surface area contributed by atoms with Gasteiger partial charge in [-0.25, -0.2) is 9.18 Å². The number of urea groups is 1. The lowest BCUT2D eigenvalue weighted by molar-refractivity contribution is -0.132. The summed E-state index contributed by atoms with van der Waals surface area (Å²) in [7, 11) is 0. The Morgan fingerprint density at radius 1 is 1.12 bits per heavy atom. The molecular weight excluding hydrogens is 375 g/mol. The molecule has 2 aromatic rings. The number of nitrogens with one attached hydrogen (secondary N) is 1. The van der Waals surface area contributed by atoms with Crippen LogP contribution in [0.1, 0.15) is 24.5 Å². The van der Waals surface area contributed by atoms with Crippen molar-refractivity contribution in [2.75, 3.05) is 0 Å². The highest BCUT2D eigenvalue weighted by molar-refractivity contribution is 9.10. The fourth-order valence-electron chi connectivity index (χ4n) is 2.94. The molecule has 0 aliphatic carbocycles. The Balaban J connectivity index is 1.95. The van der Waals surface area contributed by atoms with Gasteiger partial charge >= 0.3 is 6.03 Å². The number of benzene rings is 2. The monoisotopic (exact) mass is 390 g/mol. The summed E-state index contributed by atoms with van der Waals surface area (Å²) in [6, 6.07) is 12.7. The Labute approximate surface area is 147 Å². The molecule has 6 heteroatoms. The maximum absolute atomic E-state index is 13.2. The van der Waals surface area contributed by atoms with Crippen LogP contribution >= 0.6 is 15.9 Å². The Morgan fingerprint density at radius 3 is 2.42 bits per heavy atom. The van der Waals surface area contributed by atoms with Gasteiger partial charge in [-0.05, 0) is 35.7 Å². The molecule has 1 aliphatic heterocycles. The third-order valence-corrected chi connectivity index (χ3v) is 5.10. The second kappa shape index (κ2) is 6.36. The van der Waals surface area contributed by atoms with Crippen LogP contribution in [-0.2, 0) is 16.9 Å². The van der Waals surface area contributed by atoms with Crippen LogP contribution in [0, 0.1) is 5.82 Å². The fourth-order valence-corrected chi connectivity index (χ4v) is 3.35. The first-order valence-electron chi connectivity index (χ1n) is 7.61. The predicted molar refractivity (Wildman–Crippen MR) is 91.6 cm³/mol. The first-order chi connectivity index (χ1) is 11.5. The van der Waals surface area contributed by atoms with Gasteiger partial charge in [0, 0.05) is 4.47 Å². The van der Waals surface area contributed by atoms with Gasteiger partial charge in [0.25, 0.3) is 5.91 Å². The summed E-state index contributed by atoms with van der Waals surface area (Å²) >= 11 is 3.43. The van der Waals surface area contributed by atoms with Crippen LogP contribution < -0.4 is 5.32 Å². The minimum absolute atomic E-state index is 0.176. The Kier molecular flexibility index (Phi) is 4.41. The van der Waals surface area contributed by atoms with Gasteiger partial charge in [-0.15, -0.1) is 0 Å². The van der Waals surface area contributed by atoms with E-state index in [1.165, 1.54) is 17.0 Å². The molecule has 0 bridgehead atoms. The third kappa shape index (κ3) is 2.71. The predicted octanol–water partition coefficient (Wildman–Crippen LogP) is 3.95. The van der Waals surface area contributed by atoms with Crippen LogP contribution in [0.5, 0.6) is 0 Å². The molecule has 0 aromatic heterocycles. The van der Waals surface area contributed by atoms with Gasteiger partial charge < -0.3 is 5.32 Å². The van der Waals surface area contributed by atoms with E-state index in [0.29, 0.717) is 12.0 Å². The molecule has 124 valence electrons. The number of amides is 3. The number of carbonyl (C=O) groups is 2. The number of halogens is 2. The molecule has 0 spiro atoms. The summed E-state index contributed by atoms with van der Waals surface area (Å²) in [5.74, 6) is -0.704. The average Bonchev–Trinajstić information content (AvgIpc) is 2.82. The second-order valence-electron chi connectivity index (χ2n) is 5.68. The summed E-state index contributed by atoms with van der Waals surface area (Å²) in [4.78, 5) is 26.6. The van der Waals surface area contributed by atoms with Crippen molar-refractivity contribution in [3.8, 4) is 0 Å². The smallest absolute Gasteiger partial charge is 0.319 e. The van der Waals surface area contributed by atoms with Gasteiger partial charge in [0.15, 0.2) is 0 Å². The molecule has 1 atom stereocenters. The average molecular weight is 391 g/mol. The van der Waals surface area contributed by atoms with Crippen LogP contribution in [0.4, 0.5) is 9.18 Å². The van der Waals surface area contributed by atoms with Gasteiger partial charge in [-0.3, -0.25) is 9.69 Å². The van der Waals surface area contributed by atoms with E-state index < -0.39 is 11.6 Å². The molecule has 24 heavy (non-hydrogen) atoms. The van der Waals surface area contributed by atoms with E-state index in [4.69, 9.17) is 0 Å². The highest BCUT2D eigenvalue weighted by Crippen LogP contribution is 2.33. The topological polar surface area (TPSA) is 49.4 Å². The molecule has 1 fully saturated rings. The lowest BCUT2D eigenvalue weighted by Crippen LogP contribution is -2.43. The normalized spacial score (nSPS) is 20.4. The van der Waals surface area contributed by atoms with Gasteiger partial charge in [-0.1, -0.05) is 53.2 Å². The summed E-state index contributed by atoms with van der Waals surface area (Å²) < 4.78 is 14.0. The molecule has 0 unspecified atom stereocenters. The maximum Gasteiger partial charge on any atom is 0.325 e. The van der Waals surface area contributed by atoms with Crippen molar-refractivity contribution < 1.29 is 14.0 Å². The van der Waals surface area contributed by atoms with E-state index in [1.807, 2.05) is 31.2 Å². The van der Waals surface area contributed by atoms with Crippen molar-refractivity contribution in [3.63, 3.8) is 0 Å². The number of rotatable bonds is 4. The Hall–Kier alpha value is -2.21. The molecule has 3 amide bonds. The van der Waals surface area contributed by atoms with Gasteiger partial charge in [0.05, 0.1) is 6.54 Å². The zero-order chi connectivity index (χ0) is 17.3. The molecular formula is C18H16BrFN2O2. The maximum atomic E-state index is 13.2. The third-order valence-electron chi connectivity index (χ3n) is 4.33. The quantitative estimate of drug-likeness (QED) is 0.803. The standard InChI is InChI=1S/C18H16BrFN2O2/c1-2-18(13-7-9-14(20)10-8-13)16(23)22(17(24)21-18)11-12-5-3-4-6-15(12)19/h3-10H,2,11H2,1H3,(H,21,24)/t18-/m1/s1. The van der Waals surface area contributed by atoms with Gasteiger partial charge in [-0.2, -0.15) is 0 Å². The summed E-state index contributed by atoms with van der Waals surface area (Å²) in [6.07, 6.45) is 0.385. The van der Waals surface area contributed by atoms with Crippen LogP contribution in [-0.4, -0.2) is 16.8 Å². The lowest BCUT2D eigenvalue weighted by atomic mass is 9.87. The van der Waals surface area contributed by atoms with Crippen molar-refractivity contribution in [2.24, 2.45) is 0 Å². The van der Waals surface area contributed by atoms with E-state index in [9.17, 15) is 14.0 Å². The molecule has 0 radical (unpaired) electrons. The van der Waals surface area contributed by atoms with Gasteiger partial charge in [0.2, 0.25) is 0 Å². The summed E-state index contributed by atoms with van der Waals surface area (Å²) in [5, 5.41) is 2.79. The first-order valence-corrected chi connectivity index (χ1v) is 8.41. The van der Waals surface area contributed by atoms with Crippen LogP contribution in [0.15, 0.2) is 53.0 Å². The number of nitrogens with zero attached hydrogens (tertiary/aromatic N) is 1. The zero-order valence-electron chi connectivity index (χ0n) is 13.1. The highest BCUT2D eigenvalue weighted by Gasteiger charge is 2.51. The number of carbonyl (C=O) groups excluding carboxylic acids is 2. The second-order valence-corrected chi connectivity index (χ2v) is 6.53. The van der Waals surface area contributed by atoms with Crippen molar-refractivity contribution in [3.05, 3.63) is 69.9 Å². The van der Waals surface area contributed by atoms with Gasteiger partial charge in [0.1, 0.15) is 11.4 Å². The molecule has 3 rings (SSSR count). The molecule has 1 N–H and O–H groups in total. The van der Waals surface area contributed by atoms with Crippen molar-refractivity contribution in [1.82, 2.24) is 10.2 Å². The number of hydrogen-bond donors (Lipinski definition) is 1. The molecule has 1 heterocycles. The first kappa shape index (κ1) is 16.6. The van der Waals surface area contributed by atoms with Crippen molar-refractivity contribution in [1.29, 1.82) is 0 Å². The number of imide groups is 1. The minimum atomic E-state index is -1.15. The van der Waals surface area contributed by atoms with Crippen LogP contribution in [0.2, 0.25) is 0 Å². The van der Waals surface area contributed by atoms with E-state index in [1.54, 1.807) is 12.1 Å². The molecule has 4 nitrogen and oxygen atoms in total. The number of hydrogen-bond acceptors (Lipinski definition) is 2. The minimum Gasteiger partial charge on any atom is -0.319 e. The fraction of sp³-hybridized carbons (Fsp3) is 0.222. The van der Waals surface area contributed by atoms with E-state index in [-0.39, 0.29) is 18.3 Å². The van der Waals surface area contributed by atoms with Crippen LogP contribution in [0.25, 0.3) is 0 Å². The summed E-state index contributed by atoms with van der Waals surface area (Å²) in [6.45, 7) is 2.00. The Bertz CT molecular complexity index is 794. The molecule has 1 aliphatic rings. The van der Waals surface area contributed by atoms with E-state index in [0.717, 1.165) is 10.0 Å².